The van der Waals surface area contributed by atoms with Gasteiger partial charge in [0.2, 0.25) is 0 Å². The third-order valence-corrected chi connectivity index (χ3v) is 9.06. The molecule has 0 N–H and O–H groups in total. The van der Waals surface area contributed by atoms with Gasteiger partial charge in [-0.2, -0.15) is 0 Å². The summed E-state index contributed by atoms with van der Waals surface area (Å²) >= 11 is 0. The first-order valence-electron chi connectivity index (χ1n) is 18.9. The van der Waals surface area contributed by atoms with Crippen molar-refractivity contribution in [2.24, 2.45) is 0 Å². The molecule has 0 aliphatic rings. The summed E-state index contributed by atoms with van der Waals surface area (Å²) in [5.74, 6) is 0. The van der Waals surface area contributed by atoms with Crippen LogP contribution < -0.4 is 0 Å². The largest absolute Gasteiger partial charge is 0.456 e. The van der Waals surface area contributed by atoms with Crippen LogP contribution in [0.25, 0.3) is 98.1 Å². The van der Waals surface area contributed by atoms with E-state index >= 15 is 0 Å². The molecule has 10 aromatic rings. The van der Waals surface area contributed by atoms with Gasteiger partial charge >= 0.3 is 0 Å². The minimum Gasteiger partial charge on any atom is -0.456 e. The van der Waals surface area contributed by atoms with Crippen LogP contribution in [0.15, 0.2) is 162 Å². The molecule has 9 aromatic carbocycles. The summed E-state index contributed by atoms with van der Waals surface area (Å²) in [4.78, 5) is 0. The Hall–Kier alpha value is -5.92. The normalized spacial score (nSPS) is 14.5. The van der Waals surface area contributed by atoms with Gasteiger partial charge in [-0.05, 0) is 100 Å². The Kier molecular flexibility index (Phi) is 3.72. The summed E-state index contributed by atoms with van der Waals surface area (Å²) in [6.07, 6.45) is 0. The van der Waals surface area contributed by atoms with E-state index in [0.29, 0.717) is 33.4 Å². The first-order chi connectivity index (χ1) is 25.6. The summed E-state index contributed by atoms with van der Waals surface area (Å²) in [7, 11) is 0. The van der Waals surface area contributed by atoms with Crippen molar-refractivity contribution >= 4 is 75.8 Å². The minimum atomic E-state index is -0.430. The van der Waals surface area contributed by atoms with Gasteiger partial charge < -0.3 is 4.42 Å². The topological polar surface area (TPSA) is 13.1 Å². The number of furan rings is 1. The predicted molar refractivity (Wildman–Crippen MR) is 192 cm³/mol. The third kappa shape index (κ3) is 3.56. The Labute approximate surface area is 270 Å². The number of benzene rings is 9. The first-order valence-corrected chi connectivity index (χ1v) is 14.9. The molecule has 0 fully saturated rings. The van der Waals surface area contributed by atoms with E-state index in [1.54, 1.807) is 6.07 Å². The third-order valence-electron chi connectivity index (χ3n) is 9.06. The van der Waals surface area contributed by atoms with Gasteiger partial charge in [0.05, 0.1) is 11.0 Å². The minimum absolute atomic E-state index is 0.180. The monoisotopic (exact) mass is 578 g/mol. The van der Waals surface area contributed by atoms with Gasteiger partial charge in [0.15, 0.2) is 0 Å². The quantitative estimate of drug-likeness (QED) is 0.147. The Bertz CT molecular complexity index is 3190. The zero-order valence-corrected chi connectivity index (χ0v) is 23.8. The van der Waals surface area contributed by atoms with Crippen molar-refractivity contribution in [2.45, 2.75) is 0 Å². The lowest BCUT2D eigenvalue weighted by molar-refractivity contribution is 0.669. The van der Waals surface area contributed by atoms with E-state index in [9.17, 15) is 5.48 Å². The molecule has 1 heterocycles. The maximum atomic E-state index is 9.40. The molecule has 0 saturated carbocycles. The molecular weight excluding hydrogens is 544 g/mol. The fourth-order valence-corrected chi connectivity index (χ4v) is 7.06. The molecule has 0 unspecified atom stereocenters. The number of fused-ring (bicyclic) bond motifs is 9. The van der Waals surface area contributed by atoms with Crippen LogP contribution in [0.5, 0.6) is 0 Å². The van der Waals surface area contributed by atoms with Crippen LogP contribution >= 0.6 is 0 Å². The van der Waals surface area contributed by atoms with Gasteiger partial charge in [-0.25, -0.2) is 0 Å². The highest BCUT2D eigenvalue weighted by Crippen LogP contribution is 2.46. The first kappa shape index (κ1) is 18.0. The van der Waals surface area contributed by atoms with E-state index in [0.717, 1.165) is 43.1 Å². The predicted octanol–water partition coefficient (Wildman–Crippen LogP) is 12.7. The molecule has 0 aliphatic carbocycles. The Morgan fingerprint density at radius 1 is 0.378 bits per heavy atom. The summed E-state index contributed by atoms with van der Waals surface area (Å²) < 4.78 is 79.2. The van der Waals surface area contributed by atoms with Gasteiger partial charge in [0.25, 0.3) is 0 Å². The number of hydrogen-bond donors (Lipinski definition) is 0. The molecule has 0 bridgehead atoms. The van der Waals surface area contributed by atoms with E-state index in [1.807, 2.05) is 97.1 Å². The summed E-state index contributed by atoms with van der Waals surface area (Å²) in [6, 6.07) is 32.4. The molecule has 1 aromatic heterocycles. The van der Waals surface area contributed by atoms with E-state index in [2.05, 4.69) is 6.07 Å². The smallest absolute Gasteiger partial charge is 0.136 e. The average molecular weight is 579 g/mol. The molecule has 1 heteroatoms. The zero-order chi connectivity index (χ0) is 36.4. The standard InChI is InChI=1S/C44H26O/c1-2-12-29-26-42-40(24-28(29)11-1)39-25-30(21-23-41(39)45-42)43-35-14-5-7-16-37(35)44(38-17-8-6-15-36(38)43)34-19-9-18-32-31-13-4-3-10-27(31)20-22-33(32)34/h1-26H/i5D,6D,7D,8D,14D,15D,16D,17D. The highest BCUT2D eigenvalue weighted by molar-refractivity contribution is 6.25. The molecule has 0 aliphatic heterocycles. The zero-order valence-electron chi connectivity index (χ0n) is 31.8. The molecule has 0 atom stereocenters. The fourth-order valence-electron chi connectivity index (χ4n) is 7.06. The molecule has 45 heavy (non-hydrogen) atoms. The van der Waals surface area contributed by atoms with Gasteiger partial charge in [-0.3, -0.25) is 0 Å². The van der Waals surface area contributed by atoms with Crippen molar-refractivity contribution < 1.29 is 15.4 Å². The molecule has 0 spiro atoms. The number of rotatable bonds is 2. The van der Waals surface area contributed by atoms with Crippen molar-refractivity contribution in [1.29, 1.82) is 0 Å². The molecule has 0 saturated heterocycles. The molecular formula is C44H26O. The number of hydrogen-bond acceptors (Lipinski definition) is 1. The van der Waals surface area contributed by atoms with Crippen LogP contribution in [-0.4, -0.2) is 0 Å². The molecule has 0 amide bonds. The second kappa shape index (κ2) is 9.29. The fraction of sp³-hybridized carbons (Fsp3) is 0. The van der Waals surface area contributed by atoms with Gasteiger partial charge in [-0.1, -0.05) is 133 Å². The van der Waals surface area contributed by atoms with E-state index in [4.69, 9.17) is 9.90 Å². The van der Waals surface area contributed by atoms with Gasteiger partial charge in [0.1, 0.15) is 11.2 Å². The van der Waals surface area contributed by atoms with Crippen LogP contribution in [0.1, 0.15) is 11.0 Å². The van der Waals surface area contributed by atoms with Crippen LogP contribution in [0.2, 0.25) is 0 Å². The van der Waals surface area contributed by atoms with Crippen molar-refractivity contribution in [2.75, 3.05) is 0 Å². The highest BCUT2D eigenvalue weighted by Gasteiger charge is 2.19. The van der Waals surface area contributed by atoms with Crippen LogP contribution in [0.4, 0.5) is 0 Å². The van der Waals surface area contributed by atoms with Gasteiger partial charge in [-0.15, -0.1) is 0 Å². The summed E-state index contributed by atoms with van der Waals surface area (Å²) in [6.45, 7) is 0. The van der Waals surface area contributed by atoms with Crippen molar-refractivity contribution in [1.82, 2.24) is 0 Å². The lowest BCUT2D eigenvalue weighted by Crippen LogP contribution is -1.91. The van der Waals surface area contributed by atoms with Crippen molar-refractivity contribution in [3.63, 3.8) is 0 Å². The van der Waals surface area contributed by atoms with Crippen LogP contribution in [-0.2, 0) is 0 Å². The van der Waals surface area contributed by atoms with Crippen molar-refractivity contribution in [3.05, 3.63) is 158 Å². The van der Waals surface area contributed by atoms with E-state index < -0.39 is 24.2 Å². The lowest BCUT2D eigenvalue weighted by atomic mass is 9.84. The average Bonchev–Trinajstić information content (AvgIpc) is 3.54. The molecule has 1 nitrogen and oxygen atoms in total. The molecule has 0 radical (unpaired) electrons. The summed E-state index contributed by atoms with van der Waals surface area (Å²) in [5, 5.41) is 8.15. The SMILES string of the molecule is [2H]c1c([2H])c([2H])c2c(-c3cccc4c3ccc3ccccc34)c3c([2H])c([2H])c([2H])c([2H])c3c(-c3ccc4oc5cc6ccccc6cc5c4c3)c2c1[2H]. The van der Waals surface area contributed by atoms with E-state index in [-0.39, 0.29) is 45.7 Å². The Balaban J connectivity index is 1.44. The second-order valence-corrected chi connectivity index (χ2v) is 11.4. The van der Waals surface area contributed by atoms with Crippen molar-refractivity contribution in [3.8, 4) is 22.3 Å². The Morgan fingerprint density at radius 3 is 1.76 bits per heavy atom. The summed E-state index contributed by atoms with van der Waals surface area (Å²) in [5.41, 5.74) is 3.09. The Morgan fingerprint density at radius 2 is 1.00 bits per heavy atom. The van der Waals surface area contributed by atoms with Gasteiger partial charge in [0, 0.05) is 10.8 Å². The lowest BCUT2D eigenvalue weighted by Gasteiger charge is -2.19. The second-order valence-electron chi connectivity index (χ2n) is 11.4. The molecule has 10 rings (SSSR count). The van der Waals surface area contributed by atoms with E-state index in [1.165, 1.54) is 0 Å². The van der Waals surface area contributed by atoms with Crippen LogP contribution in [0, 0.1) is 0 Å². The maximum Gasteiger partial charge on any atom is 0.136 e. The maximum absolute atomic E-state index is 9.40. The highest BCUT2D eigenvalue weighted by atomic mass is 16.3. The van der Waals surface area contributed by atoms with Crippen LogP contribution in [0.3, 0.4) is 0 Å². The molecule has 208 valence electrons.